The van der Waals surface area contributed by atoms with Crippen LogP contribution in [-0.4, -0.2) is 23.1 Å². The molecule has 0 aromatic heterocycles. The molecule has 13 heavy (non-hydrogen) atoms. The van der Waals surface area contributed by atoms with Crippen molar-refractivity contribution in [1.82, 2.24) is 0 Å². The van der Waals surface area contributed by atoms with E-state index in [-0.39, 0.29) is 23.7 Å². The molecule has 0 aliphatic heterocycles. The molecular formula is C9H12O4. The van der Waals surface area contributed by atoms with Gasteiger partial charge in [-0.25, -0.2) is 4.79 Å². The van der Waals surface area contributed by atoms with E-state index in [4.69, 9.17) is 5.11 Å². The first-order chi connectivity index (χ1) is 5.99. The van der Waals surface area contributed by atoms with Gasteiger partial charge in [-0.1, -0.05) is 13.8 Å². The second kappa shape index (κ2) is 5.24. The number of carbonyl (C=O) groups is 3. The third-order valence-corrected chi connectivity index (χ3v) is 1.55. The normalized spacial score (nSPS) is 11.5. The van der Waals surface area contributed by atoms with Crippen LogP contribution >= 0.6 is 0 Å². The smallest absolute Gasteiger partial charge is 0.332 e. The third-order valence-electron chi connectivity index (χ3n) is 1.55. The highest BCUT2D eigenvalue weighted by atomic mass is 16.4. The predicted molar refractivity (Wildman–Crippen MR) is 46.2 cm³/mol. The molecule has 0 bridgehead atoms. The van der Waals surface area contributed by atoms with Crippen LogP contribution in [-0.2, 0) is 14.4 Å². The van der Waals surface area contributed by atoms with Crippen molar-refractivity contribution in [1.29, 1.82) is 0 Å². The summed E-state index contributed by atoms with van der Waals surface area (Å²) in [6.07, 6.45) is 1.09. The maximum absolute atomic E-state index is 11.1. The molecule has 0 unspecified atom stereocenters. The highest BCUT2D eigenvalue weighted by Crippen LogP contribution is 2.07. The first-order valence-electron chi connectivity index (χ1n) is 3.89. The average Bonchev–Trinajstić information content (AvgIpc) is 2.03. The van der Waals surface area contributed by atoms with E-state index in [0.717, 1.165) is 6.08 Å². The number of rotatable bonds is 5. The van der Waals surface area contributed by atoms with Crippen LogP contribution in [0.5, 0.6) is 0 Å². The van der Waals surface area contributed by atoms with E-state index < -0.39 is 5.97 Å². The summed E-state index contributed by atoms with van der Waals surface area (Å²) in [5, 5.41) is 8.56. The van der Waals surface area contributed by atoms with Gasteiger partial charge >= 0.3 is 5.97 Å². The van der Waals surface area contributed by atoms with Crippen molar-refractivity contribution < 1.29 is 19.5 Å². The summed E-state index contributed by atoms with van der Waals surface area (Å²) >= 11 is 0. The van der Waals surface area contributed by atoms with Gasteiger partial charge in [-0.05, 0) is 6.08 Å². The Balaban J connectivity index is 4.45. The largest absolute Gasteiger partial charge is 0.478 e. The molecule has 0 saturated carbocycles. The molecule has 0 fully saturated rings. The van der Waals surface area contributed by atoms with E-state index in [9.17, 15) is 14.4 Å². The summed E-state index contributed by atoms with van der Waals surface area (Å²) < 4.78 is 0. The lowest BCUT2D eigenvalue weighted by atomic mass is 10.0. The Morgan fingerprint density at radius 2 is 1.92 bits per heavy atom. The standard InChI is InChI=1S/C9H12O4/c1-6(2)8(11)5-7(3-4-10)9(12)13/h3-4,6H,5H2,1-2H3,(H,12,13)/b7-3-. The summed E-state index contributed by atoms with van der Waals surface area (Å²) in [5.74, 6) is -1.62. The van der Waals surface area contributed by atoms with E-state index in [1.54, 1.807) is 13.8 Å². The number of aldehydes is 1. The quantitative estimate of drug-likeness (QED) is 0.507. The van der Waals surface area contributed by atoms with Crippen molar-refractivity contribution in [2.45, 2.75) is 20.3 Å². The molecule has 0 atom stereocenters. The molecule has 4 nitrogen and oxygen atoms in total. The Bertz CT molecular complexity index is 250. The molecular weight excluding hydrogens is 172 g/mol. The fourth-order valence-corrected chi connectivity index (χ4v) is 0.680. The summed E-state index contributed by atoms with van der Waals surface area (Å²) in [6, 6.07) is 0. The molecule has 0 aromatic rings. The van der Waals surface area contributed by atoms with Gasteiger partial charge in [0, 0.05) is 17.9 Å². The molecule has 0 rings (SSSR count). The number of ketones is 1. The van der Waals surface area contributed by atoms with Gasteiger partial charge < -0.3 is 5.11 Å². The lowest BCUT2D eigenvalue weighted by Gasteiger charge is -2.03. The van der Waals surface area contributed by atoms with Crippen molar-refractivity contribution in [3.8, 4) is 0 Å². The molecule has 1 N–H and O–H groups in total. The minimum absolute atomic E-state index is 0.159. The van der Waals surface area contributed by atoms with Crippen LogP contribution in [0.25, 0.3) is 0 Å². The minimum Gasteiger partial charge on any atom is -0.478 e. The Morgan fingerprint density at radius 3 is 2.23 bits per heavy atom. The average molecular weight is 184 g/mol. The van der Waals surface area contributed by atoms with Crippen molar-refractivity contribution in [3.05, 3.63) is 11.6 Å². The molecule has 4 heteroatoms. The number of Topliss-reactive ketones (excluding diaryl/α,β-unsaturated/α-hetero) is 1. The van der Waals surface area contributed by atoms with Crippen LogP contribution < -0.4 is 0 Å². The fraction of sp³-hybridized carbons (Fsp3) is 0.444. The van der Waals surface area contributed by atoms with Crippen molar-refractivity contribution in [3.63, 3.8) is 0 Å². The molecule has 0 saturated heterocycles. The Morgan fingerprint density at radius 1 is 1.38 bits per heavy atom. The minimum atomic E-state index is -1.22. The fourth-order valence-electron chi connectivity index (χ4n) is 0.680. The van der Waals surface area contributed by atoms with Gasteiger partial charge in [-0.3, -0.25) is 9.59 Å². The van der Waals surface area contributed by atoms with Crippen LogP contribution in [0.4, 0.5) is 0 Å². The Kier molecular flexibility index (Phi) is 4.66. The van der Waals surface area contributed by atoms with Gasteiger partial charge in [0.25, 0.3) is 0 Å². The van der Waals surface area contributed by atoms with Crippen LogP contribution in [0.3, 0.4) is 0 Å². The third kappa shape index (κ3) is 4.20. The Labute approximate surface area is 76.2 Å². The predicted octanol–water partition coefficient (Wildman–Crippen LogP) is 0.811. The van der Waals surface area contributed by atoms with Gasteiger partial charge in [0.2, 0.25) is 0 Å². The Hall–Kier alpha value is -1.45. The maximum Gasteiger partial charge on any atom is 0.332 e. The molecule has 0 radical (unpaired) electrons. The molecule has 0 aliphatic carbocycles. The first-order valence-corrected chi connectivity index (χ1v) is 3.89. The van der Waals surface area contributed by atoms with Gasteiger partial charge in [-0.15, -0.1) is 0 Å². The highest BCUT2D eigenvalue weighted by Gasteiger charge is 2.14. The molecule has 0 amide bonds. The van der Waals surface area contributed by atoms with Gasteiger partial charge in [0.15, 0.2) is 0 Å². The second-order valence-corrected chi connectivity index (χ2v) is 2.93. The van der Waals surface area contributed by atoms with E-state index in [1.165, 1.54) is 0 Å². The summed E-state index contributed by atoms with van der Waals surface area (Å²) in [5.41, 5.74) is -0.159. The molecule has 0 heterocycles. The summed E-state index contributed by atoms with van der Waals surface area (Å²) in [6.45, 7) is 3.37. The number of aliphatic carboxylic acids is 1. The van der Waals surface area contributed by atoms with Gasteiger partial charge in [-0.2, -0.15) is 0 Å². The monoisotopic (exact) mass is 184 g/mol. The van der Waals surface area contributed by atoms with E-state index in [1.807, 2.05) is 0 Å². The number of hydrogen-bond donors (Lipinski definition) is 1. The topological polar surface area (TPSA) is 71.4 Å². The zero-order valence-electron chi connectivity index (χ0n) is 7.61. The summed E-state index contributed by atoms with van der Waals surface area (Å²) in [7, 11) is 0. The molecule has 0 spiro atoms. The van der Waals surface area contributed by atoms with Crippen molar-refractivity contribution in [2.24, 2.45) is 5.92 Å². The van der Waals surface area contributed by atoms with Crippen LogP contribution in [0, 0.1) is 5.92 Å². The molecule has 0 aromatic carbocycles. The zero-order chi connectivity index (χ0) is 10.4. The summed E-state index contributed by atoms with van der Waals surface area (Å²) in [4.78, 5) is 31.6. The van der Waals surface area contributed by atoms with E-state index >= 15 is 0 Å². The van der Waals surface area contributed by atoms with Crippen LogP contribution in [0.15, 0.2) is 11.6 Å². The van der Waals surface area contributed by atoms with Gasteiger partial charge in [0.1, 0.15) is 12.1 Å². The van der Waals surface area contributed by atoms with Crippen molar-refractivity contribution in [2.75, 3.05) is 0 Å². The number of allylic oxidation sites excluding steroid dienone is 1. The zero-order valence-corrected chi connectivity index (χ0v) is 7.61. The van der Waals surface area contributed by atoms with Gasteiger partial charge in [0.05, 0.1) is 0 Å². The van der Waals surface area contributed by atoms with E-state index in [0.29, 0.717) is 6.29 Å². The first kappa shape index (κ1) is 11.6. The number of carboxylic acid groups (broad SMARTS) is 1. The lowest BCUT2D eigenvalue weighted by molar-refractivity contribution is -0.134. The maximum atomic E-state index is 11.1. The van der Waals surface area contributed by atoms with Crippen molar-refractivity contribution >= 4 is 18.0 Å². The molecule has 0 aliphatic rings. The van der Waals surface area contributed by atoms with Crippen LogP contribution in [0.1, 0.15) is 20.3 Å². The molecule has 72 valence electrons. The number of carboxylic acids is 1. The SMILES string of the molecule is CC(C)C(=O)C/C(=C/C=O)C(=O)O. The van der Waals surface area contributed by atoms with Crippen LogP contribution in [0.2, 0.25) is 0 Å². The lowest BCUT2D eigenvalue weighted by Crippen LogP contribution is -2.12. The van der Waals surface area contributed by atoms with E-state index in [2.05, 4.69) is 0 Å². The number of carbonyl (C=O) groups excluding carboxylic acids is 2. The number of hydrogen-bond acceptors (Lipinski definition) is 3. The second-order valence-electron chi connectivity index (χ2n) is 2.93. The highest BCUT2D eigenvalue weighted by molar-refractivity contribution is 5.97.